The Bertz CT molecular complexity index is 770. The Hall–Kier alpha value is -2.83. The van der Waals surface area contributed by atoms with Crippen LogP contribution in [0.25, 0.3) is 0 Å². The van der Waals surface area contributed by atoms with Crippen LogP contribution < -0.4 is 10.1 Å². The number of likely N-dealkylation sites (N-methyl/N-ethyl adjacent to an activating group) is 1. The Balaban J connectivity index is 1.62. The number of nitrogens with one attached hydrogen (secondary N) is 1. The maximum Gasteiger partial charge on any atom is 0.315 e. The van der Waals surface area contributed by atoms with Gasteiger partial charge in [-0.05, 0) is 25.5 Å². The first-order valence-corrected chi connectivity index (χ1v) is 8.20. The molecule has 0 saturated heterocycles. The molecule has 1 aliphatic heterocycles. The van der Waals surface area contributed by atoms with Crippen LogP contribution in [-0.2, 0) is 23.1 Å². The first-order chi connectivity index (χ1) is 11.9. The summed E-state index contributed by atoms with van der Waals surface area (Å²) in [5.74, 6) is -0.115. The highest BCUT2D eigenvalue weighted by Gasteiger charge is 2.33. The molecule has 2 atom stereocenters. The van der Waals surface area contributed by atoms with Gasteiger partial charge in [0.25, 0.3) is 0 Å². The number of aryl methyl sites for hydroxylation is 2. The molecule has 7 heteroatoms. The molecule has 0 saturated carbocycles. The highest BCUT2D eigenvalue weighted by molar-refractivity contribution is 6.39. The molecule has 1 aliphatic rings. The van der Waals surface area contributed by atoms with Gasteiger partial charge in [-0.15, -0.1) is 0 Å². The Morgan fingerprint density at radius 2 is 2.12 bits per heavy atom. The van der Waals surface area contributed by atoms with Crippen molar-refractivity contribution in [2.45, 2.75) is 32.4 Å². The van der Waals surface area contributed by atoms with E-state index in [4.69, 9.17) is 4.74 Å². The van der Waals surface area contributed by atoms with Crippen molar-refractivity contribution < 1.29 is 14.3 Å². The number of aromatic nitrogens is 2. The van der Waals surface area contributed by atoms with E-state index in [0.29, 0.717) is 5.82 Å². The molecule has 0 aliphatic carbocycles. The summed E-state index contributed by atoms with van der Waals surface area (Å²) in [6.45, 7) is 3.75. The van der Waals surface area contributed by atoms with Crippen LogP contribution in [0.2, 0.25) is 0 Å². The van der Waals surface area contributed by atoms with Gasteiger partial charge in [0.1, 0.15) is 11.9 Å². The maximum atomic E-state index is 12.4. The van der Waals surface area contributed by atoms with Crippen molar-refractivity contribution in [2.75, 3.05) is 12.4 Å². The van der Waals surface area contributed by atoms with E-state index in [9.17, 15) is 9.59 Å². The summed E-state index contributed by atoms with van der Waals surface area (Å²) >= 11 is 0. The largest absolute Gasteiger partial charge is 0.488 e. The zero-order chi connectivity index (χ0) is 18.1. The van der Waals surface area contributed by atoms with E-state index >= 15 is 0 Å². The molecule has 1 aromatic heterocycles. The smallest absolute Gasteiger partial charge is 0.315 e. The molecule has 1 N–H and O–H groups in total. The average molecular weight is 342 g/mol. The fraction of sp³-hybridized carbons (Fsp3) is 0.389. The first-order valence-electron chi connectivity index (χ1n) is 8.20. The van der Waals surface area contributed by atoms with Crippen LogP contribution in [0.1, 0.15) is 18.2 Å². The fourth-order valence-electron chi connectivity index (χ4n) is 2.86. The number of hydrogen-bond acceptors (Lipinski definition) is 4. The predicted molar refractivity (Wildman–Crippen MR) is 93.4 cm³/mol. The number of fused-ring (bicyclic) bond motifs is 1. The number of amides is 2. The zero-order valence-corrected chi connectivity index (χ0v) is 14.8. The molecule has 0 fully saturated rings. The van der Waals surface area contributed by atoms with Gasteiger partial charge in [0.2, 0.25) is 0 Å². The number of carbonyl (C=O) groups is 2. The number of anilines is 1. The van der Waals surface area contributed by atoms with Crippen molar-refractivity contribution in [3.63, 3.8) is 0 Å². The van der Waals surface area contributed by atoms with Crippen molar-refractivity contribution in [2.24, 2.45) is 7.05 Å². The van der Waals surface area contributed by atoms with Gasteiger partial charge in [0.05, 0.1) is 6.04 Å². The number of para-hydroxylation sites is 1. The Morgan fingerprint density at radius 1 is 1.40 bits per heavy atom. The third-order valence-corrected chi connectivity index (χ3v) is 4.69. The normalized spacial score (nSPS) is 16.7. The molecular formula is C18H22N4O3. The minimum atomic E-state index is -0.706. The lowest BCUT2D eigenvalue weighted by atomic mass is 10.0. The summed E-state index contributed by atoms with van der Waals surface area (Å²) in [4.78, 5) is 26.1. The molecule has 25 heavy (non-hydrogen) atoms. The summed E-state index contributed by atoms with van der Waals surface area (Å²) in [5.41, 5.74) is 2.01. The summed E-state index contributed by atoms with van der Waals surface area (Å²) in [6, 6.07) is 9.29. The summed E-state index contributed by atoms with van der Waals surface area (Å²) in [6.07, 6.45) is 0.548. The molecule has 0 spiro atoms. The average Bonchev–Trinajstić information content (AvgIpc) is 3.16. The van der Waals surface area contributed by atoms with E-state index in [-0.39, 0.29) is 12.1 Å². The van der Waals surface area contributed by atoms with Crippen LogP contribution in [0.3, 0.4) is 0 Å². The highest BCUT2D eigenvalue weighted by atomic mass is 16.5. The second-order valence-electron chi connectivity index (χ2n) is 6.37. The third kappa shape index (κ3) is 3.35. The molecule has 2 amide bonds. The highest BCUT2D eigenvalue weighted by Crippen LogP contribution is 2.30. The van der Waals surface area contributed by atoms with E-state index in [1.807, 2.05) is 38.1 Å². The van der Waals surface area contributed by atoms with E-state index in [1.54, 1.807) is 24.8 Å². The topological polar surface area (TPSA) is 76.5 Å². The van der Waals surface area contributed by atoms with Crippen LogP contribution in [0, 0.1) is 6.92 Å². The molecular weight excluding hydrogens is 320 g/mol. The lowest BCUT2D eigenvalue weighted by molar-refractivity contribution is -0.144. The number of hydrogen-bond donors (Lipinski definition) is 1. The lowest BCUT2D eigenvalue weighted by Crippen LogP contribution is -2.48. The minimum absolute atomic E-state index is 0.170. The molecule has 0 radical (unpaired) electrons. The van der Waals surface area contributed by atoms with E-state index in [0.717, 1.165) is 23.4 Å². The SMILES string of the molecule is Cc1cc(NC(=O)C(=O)N(C)[C@@H](C)[C@@H]2Cc3ccccc3O2)nn1C. The molecule has 0 unspecified atom stereocenters. The quantitative estimate of drug-likeness (QED) is 0.858. The second-order valence-corrected chi connectivity index (χ2v) is 6.37. The number of carbonyl (C=O) groups excluding carboxylic acids is 2. The van der Waals surface area contributed by atoms with Gasteiger partial charge in [-0.2, -0.15) is 5.10 Å². The second kappa shape index (κ2) is 6.58. The minimum Gasteiger partial charge on any atom is -0.488 e. The van der Waals surface area contributed by atoms with Crippen molar-refractivity contribution in [3.8, 4) is 5.75 Å². The van der Waals surface area contributed by atoms with Gasteiger partial charge < -0.3 is 15.0 Å². The number of nitrogens with zero attached hydrogens (tertiary/aromatic N) is 3. The maximum absolute atomic E-state index is 12.4. The molecule has 7 nitrogen and oxygen atoms in total. The van der Waals surface area contributed by atoms with E-state index in [2.05, 4.69) is 10.4 Å². The predicted octanol–water partition coefficient (Wildman–Crippen LogP) is 1.52. The monoisotopic (exact) mass is 342 g/mol. The van der Waals surface area contributed by atoms with Crippen LogP contribution in [0.5, 0.6) is 5.75 Å². The van der Waals surface area contributed by atoms with Gasteiger partial charge in [0.15, 0.2) is 5.82 Å². The number of benzene rings is 1. The summed E-state index contributed by atoms with van der Waals surface area (Å²) in [7, 11) is 3.39. The molecule has 0 bridgehead atoms. The number of rotatable bonds is 3. The van der Waals surface area contributed by atoms with Gasteiger partial charge in [-0.3, -0.25) is 14.3 Å². The summed E-state index contributed by atoms with van der Waals surface area (Å²) < 4.78 is 7.55. The zero-order valence-electron chi connectivity index (χ0n) is 14.8. The van der Waals surface area contributed by atoms with Crippen LogP contribution in [-0.4, -0.2) is 45.7 Å². The number of ether oxygens (including phenoxy) is 1. The molecule has 2 heterocycles. The first kappa shape index (κ1) is 17.0. The lowest BCUT2D eigenvalue weighted by Gasteiger charge is -2.28. The van der Waals surface area contributed by atoms with Crippen molar-refractivity contribution in [3.05, 3.63) is 41.6 Å². The standard InChI is InChI=1S/C18H22N4O3/c1-11-9-16(20-22(11)4)19-17(23)18(24)21(3)12(2)15-10-13-7-5-6-8-14(13)25-15/h5-9,12,15H,10H2,1-4H3,(H,19,20,23)/t12-,15-/m0/s1. The van der Waals surface area contributed by atoms with Crippen LogP contribution >= 0.6 is 0 Å². The van der Waals surface area contributed by atoms with E-state index in [1.165, 1.54) is 4.90 Å². The fourth-order valence-corrected chi connectivity index (χ4v) is 2.86. The van der Waals surface area contributed by atoms with Crippen LogP contribution in [0.4, 0.5) is 5.82 Å². The molecule has 3 rings (SSSR count). The van der Waals surface area contributed by atoms with Crippen molar-refractivity contribution in [1.82, 2.24) is 14.7 Å². The molecule has 1 aromatic carbocycles. The Kier molecular flexibility index (Phi) is 4.48. The summed E-state index contributed by atoms with van der Waals surface area (Å²) in [5, 5.41) is 6.67. The third-order valence-electron chi connectivity index (χ3n) is 4.69. The van der Waals surface area contributed by atoms with Gasteiger partial charge in [-0.25, -0.2) is 0 Å². The van der Waals surface area contributed by atoms with Gasteiger partial charge in [0, 0.05) is 32.3 Å². The molecule has 132 valence electrons. The van der Waals surface area contributed by atoms with Crippen LogP contribution in [0.15, 0.2) is 30.3 Å². The van der Waals surface area contributed by atoms with Gasteiger partial charge >= 0.3 is 11.8 Å². The molecule has 2 aromatic rings. The van der Waals surface area contributed by atoms with Crippen molar-refractivity contribution in [1.29, 1.82) is 0 Å². The van der Waals surface area contributed by atoms with E-state index < -0.39 is 11.8 Å². The Labute approximate surface area is 146 Å². The van der Waals surface area contributed by atoms with Crippen molar-refractivity contribution >= 4 is 17.6 Å². The van der Waals surface area contributed by atoms with Gasteiger partial charge in [-0.1, -0.05) is 18.2 Å². The Morgan fingerprint density at radius 3 is 2.76 bits per heavy atom.